The van der Waals surface area contributed by atoms with Crippen LogP contribution in [0.4, 0.5) is 0 Å². The summed E-state index contributed by atoms with van der Waals surface area (Å²) in [5, 5.41) is 12.3. The van der Waals surface area contributed by atoms with Gasteiger partial charge in [-0.2, -0.15) is 5.26 Å². The average Bonchev–Trinajstić information content (AvgIpc) is 2.45. The van der Waals surface area contributed by atoms with E-state index >= 15 is 0 Å². The second-order valence-electron chi connectivity index (χ2n) is 4.29. The summed E-state index contributed by atoms with van der Waals surface area (Å²) in [6, 6.07) is 2.33. The Morgan fingerprint density at radius 2 is 2.38 bits per heavy atom. The Labute approximate surface area is 80.1 Å². The summed E-state index contributed by atoms with van der Waals surface area (Å²) < 4.78 is 5.41. The Bertz CT molecular complexity index is 209. The molecule has 3 nitrogen and oxygen atoms in total. The van der Waals surface area contributed by atoms with E-state index in [0.717, 1.165) is 13.0 Å². The van der Waals surface area contributed by atoms with Crippen LogP contribution in [0, 0.1) is 17.2 Å². The van der Waals surface area contributed by atoms with Crippen molar-refractivity contribution in [3.63, 3.8) is 0 Å². The molecule has 0 spiro atoms. The van der Waals surface area contributed by atoms with Gasteiger partial charge < -0.3 is 4.74 Å². The van der Waals surface area contributed by atoms with E-state index in [0.29, 0.717) is 12.5 Å². The molecule has 1 N–H and O–H groups in total. The highest BCUT2D eigenvalue weighted by Gasteiger charge is 2.38. The van der Waals surface area contributed by atoms with Crippen molar-refractivity contribution in [2.75, 3.05) is 13.2 Å². The maximum absolute atomic E-state index is 9.05. The van der Waals surface area contributed by atoms with E-state index in [2.05, 4.69) is 25.2 Å². The number of rotatable bonds is 3. The first kappa shape index (κ1) is 10.5. The second kappa shape index (κ2) is 4.08. The molecule has 2 unspecified atom stereocenters. The fourth-order valence-corrected chi connectivity index (χ4v) is 1.53. The SMILES string of the molecule is CC(C)CNC1(C#N)COC(C)C1. The van der Waals surface area contributed by atoms with Gasteiger partial charge in [0.15, 0.2) is 0 Å². The largest absolute Gasteiger partial charge is 0.375 e. The molecule has 74 valence electrons. The molecule has 0 amide bonds. The number of hydrogen-bond donors (Lipinski definition) is 1. The zero-order valence-corrected chi connectivity index (χ0v) is 8.63. The average molecular weight is 182 g/mol. The van der Waals surface area contributed by atoms with Crippen LogP contribution in [0.15, 0.2) is 0 Å². The monoisotopic (exact) mass is 182 g/mol. The number of nitrogens with zero attached hydrogens (tertiary/aromatic N) is 1. The molecule has 1 heterocycles. The molecule has 3 heteroatoms. The molecule has 0 bridgehead atoms. The summed E-state index contributed by atoms with van der Waals surface area (Å²) in [5.74, 6) is 0.570. The Hall–Kier alpha value is -0.590. The molecule has 1 fully saturated rings. The Morgan fingerprint density at radius 3 is 2.77 bits per heavy atom. The predicted molar refractivity (Wildman–Crippen MR) is 51.2 cm³/mol. The molecule has 0 radical (unpaired) electrons. The van der Waals surface area contributed by atoms with E-state index < -0.39 is 5.54 Å². The lowest BCUT2D eigenvalue weighted by molar-refractivity contribution is 0.117. The smallest absolute Gasteiger partial charge is 0.132 e. The third-order valence-corrected chi connectivity index (χ3v) is 2.31. The fraction of sp³-hybridized carbons (Fsp3) is 0.900. The standard InChI is InChI=1S/C10H18N2O/c1-8(2)5-12-10(6-11)4-9(3)13-7-10/h8-9,12H,4-5,7H2,1-3H3. The zero-order valence-electron chi connectivity index (χ0n) is 8.63. The molecule has 0 aromatic rings. The Balaban J connectivity index is 2.47. The summed E-state index contributed by atoms with van der Waals surface area (Å²) >= 11 is 0. The van der Waals surface area contributed by atoms with E-state index in [1.807, 2.05) is 6.92 Å². The van der Waals surface area contributed by atoms with Crippen molar-refractivity contribution in [3.8, 4) is 6.07 Å². The van der Waals surface area contributed by atoms with Crippen molar-refractivity contribution in [1.29, 1.82) is 5.26 Å². The highest BCUT2D eigenvalue weighted by Crippen LogP contribution is 2.23. The van der Waals surface area contributed by atoms with E-state index in [4.69, 9.17) is 10.00 Å². The molecule has 0 aliphatic carbocycles. The minimum absolute atomic E-state index is 0.208. The van der Waals surface area contributed by atoms with Crippen LogP contribution in [-0.4, -0.2) is 24.8 Å². The normalized spacial score (nSPS) is 33.6. The van der Waals surface area contributed by atoms with Gasteiger partial charge in [0.25, 0.3) is 0 Å². The van der Waals surface area contributed by atoms with Crippen LogP contribution in [0.25, 0.3) is 0 Å². The zero-order chi connectivity index (χ0) is 9.90. The summed E-state index contributed by atoms with van der Waals surface area (Å²) in [5.41, 5.74) is -0.427. The molecule has 1 saturated heterocycles. The van der Waals surface area contributed by atoms with E-state index in [-0.39, 0.29) is 6.10 Å². The lowest BCUT2D eigenvalue weighted by Crippen LogP contribution is -2.46. The molecule has 1 aliphatic rings. The number of nitriles is 1. The van der Waals surface area contributed by atoms with Gasteiger partial charge in [-0.25, -0.2) is 0 Å². The van der Waals surface area contributed by atoms with Gasteiger partial charge in [0, 0.05) is 6.42 Å². The molecule has 0 aromatic heterocycles. The highest BCUT2D eigenvalue weighted by molar-refractivity contribution is 5.11. The van der Waals surface area contributed by atoms with Gasteiger partial charge in [0.1, 0.15) is 5.54 Å². The molecule has 13 heavy (non-hydrogen) atoms. The highest BCUT2D eigenvalue weighted by atomic mass is 16.5. The van der Waals surface area contributed by atoms with Gasteiger partial charge in [-0.05, 0) is 19.4 Å². The van der Waals surface area contributed by atoms with Crippen molar-refractivity contribution < 1.29 is 4.74 Å². The molecular weight excluding hydrogens is 164 g/mol. The molecule has 1 rings (SSSR count). The van der Waals surface area contributed by atoms with Gasteiger partial charge in [0.2, 0.25) is 0 Å². The predicted octanol–water partition coefficient (Wildman–Crippen LogP) is 1.30. The van der Waals surface area contributed by atoms with Crippen LogP contribution in [0.5, 0.6) is 0 Å². The summed E-state index contributed by atoms with van der Waals surface area (Å²) in [6.07, 6.45) is 1.01. The lowest BCUT2D eigenvalue weighted by atomic mass is 9.97. The summed E-state index contributed by atoms with van der Waals surface area (Å²) in [4.78, 5) is 0. The second-order valence-corrected chi connectivity index (χ2v) is 4.29. The maximum Gasteiger partial charge on any atom is 0.132 e. The number of nitrogens with one attached hydrogen (secondary N) is 1. The maximum atomic E-state index is 9.05. The van der Waals surface area contributed by atoms with Crippen LogP contribution in [0.1, 0.15) is 27.2 Å². The minimum atomic E-state index is -0.427. The quantitative estimate of drug-likeness (QED) is 0.715. The molecular formula is C10H18N2O. The Kier molecular flexibility index (Phi) is 3.29. The molecule has 2 atom stereocenters. The van der Waals surface area contributed by atoms with Crippen molar-refractivity contribution in [1.82, 2.24) is 5.32 Å². The topological polar surface area (TPSA) is 45.0 Å². The minimum Gasteiger partial charge on any atom is -0.375 e. The van der Waals surface area contributed by atoms with Crippen molar-refractivity contribution in [3.05, 3.63) is 0 Å². The van der Waals surface area contributed by atoms with E-state index in [9.17, 15) is 0 Å². The molecule has 0 aromatic carbocycles. The fourth-order valence-electron chi connectivity index (χ4n) is 1.53. The van der Waals surface area contributed by atoms with Gasteiger partial charge >= 0.3 is 0 Å². The molecule has 1 aliphatic heterocycles. The third kappa shape index (κ3) is 2.68. The first-order valence-corrected chi connectivity index (χ1v) is 4.86. The van der Waals surface area contributed by atoms with Crippen LogP contribution < -0.4 is 5.32 Å². The van der Waals surface area contributed by atoms with Crippen LogP contribution >= 0.6 is 0 Å². The first-order valence-electron chi connectivity index (χ1n) is 4.86. The van der Waals surface area contributed by atoms with Gasteiger partial charge in [0.05, 0.1) is 18.8 Å². The Morgan fingerprint density at radius 1 is 1.69 bits per heavy atom. The van der Waals surface area contributed by atoms with E-state index in [1.165, 1.54) is 0 Å². The van der Waals surface area contributed by atoms with E-state index in [1.54, 1.807) is 0 Å². The van der Waals surface area contributed by atoms with Crippen LogP contribution in [0.2, 0.25) is 0 Å². The summed E-state index contributed by atoms with van der Waals surface area (Å²) in [6.45, 7) is 7.69. The third-order valence-electron chi connectivity index (χ3n) is 2.31. The first-order chi connectivity index (χ1) is 6.08. The summed E-state index contributed by atoms with van der Waals surface area (Å²) in [7, 11) is 0. The van der Waals surface area contributed by atoms with Crippen LogP contribution in [-0.2, 0) is 4.74 Å². The van der Waals surface area contributed by atoms with Gasteiger partial charge in [-0.15, -0.1) is 0 Å². The number of hydrogen-bond acceptors (Lipinski definition) is 3. The molecule has 0 saturated carbocycles. The van der Waals surface area contributed by atoms with Crippen molar-refractivity contribution in [2.24, 2.45) is 5.92 Å². The van der Waals surface area contributed by atoms with Gasteiger partial charge in [-0.1, -0.05) is 13.8 Å². The van der Waals surface area contributed by atoms with Crippen molar-refractivity contribution >= 4 is 0 Å². The van der Waals surface area contributed by atoms with Crippen LogP contribution in [0.3, 0.4) is 0 Å². The lowest BCUT2D eigenvalue weighted by Gasteiger charge is -2.21. The van der Waals surface area contributed by atoms with Crippen molar-refractivity contribution in [2.45, 2.75) is 38.8 Å². The number of ether oxygens (including phenoxy) is 1. The van der Waals surface area contributed by atoms with Gasteiger partial charge in [-0.3, -0.25) is 5.32 Å².